The number of carbonyl (C=O) groups is 2. The van der Waals surface area contributed by atoms with E-state index in [1.165, 1.54) is 4.90 Å². The van der Waals surface area contributed by atoms with E-state index < -0.39 is 24.6 Å². The molecular weight excluding hydrogens is 313 g/mol. The molecule has 0 saturated carbocycles. The average molecular weight is 330 g/mol. The number of likely N-dealkylation sites (tertiary alicyclic amines) is 1. The minimum Gasteiger partial charge on any atom is -0.338 e. The molecule has 0 aromatic heterocycles. The minimum absolute atomic E-state index is 0.162. The van der Waals surface area contributed by atoms with E-state index in [2.05, 4.69) is 4.84 Å². The van der Waals surface area contributed by atoms with Gasteiger partial charge in [-0.15, -0.1) is 0 Å². The van der Waals surface area contributed by atoms with Crippen molar-refractivity contribution in [3.05, 3.63) is 35.9 Å². The SMILES string of the molecule is O=C(NOCC(F)(F)F)C1CCCN(C(=O)c2ccccc2)C1. The van der Waals surface area contributed by atoms with Gasteiger partial charge in [-0.2, -0.15) is 13.2 Å². The first kappa shape index (κ1) is 17.3. The predicted octanol–water partition coefficient (Wildman–Crippen LogP) is 2.15. The molecule has 1 atom stereocenters. The number of benzene rings is 1. The molecule has 1 aliphatic heterocycles. The molecule has 0 bridgehead atoms. The Labute approximate surface area is 131 Å². The van der Waals surface area contributed by atoms with Crippen LogP contribution in [0.15, 0.2) is 30.3 Å². The van der Waals surface area contributed by atoms with Crippen molar-refractivity contribution in [3.8, 4) is 0 Å². The maximum Gasteiger partial charge on any atom is 0.414 e. The topological polar surface area (TPSA) is 58.6 Å². The lowest BCUT2D eigenvalue weighted by Gasteiger charge is -2.32. The number of nitrogens with one attached hydrogen (secondary N) is 1. The van der Waals surface area contributed by atoms with E-state index in [0.29, 0.717) is 24.9 Å². The van der Waals surface area contributed by atoms with Gasteiger partial charge in [0.2, 0.25) is 5.91 Å². The maximum absolute atomic E-state index is 12.3. The van der Waals surface area contributed by atoms with Crippen LogP contribution < -0.4 is 5.48 Å². The standard InChI is InChI=1S/C15H17F3N2O3/c16-15(17,18)10-23-19-13(21)12-7-4-8-20(9-12)14(22)11-5-2-1-3-6-11/h1-3,5-6,12H,4,7-10H2,(H,19,21). The molecule has 1 heterocycles. The second-order valence-corrected chi connectivity index (χ2v) is 5.33. The Hall–Kier alpha value is -2.09. The molecule has 2 rings (SSSR count). The molecule has 0 radical (unpaired) electrons. The van der Waals surface area contributed by atoms with Crippen molar-refractivity contribution < 1.29 is 27.6 Å². The number of hydrogen-bond acceptors (Lipinski definition) is 3. The third-order valence-corrected chi connectivity index (χ3v) is 3.51. The lowest BCUT2D eigenvalue weighted by Crippen LogP contribution is -2.45. The highest BCUT2D eigenvalue weighted by atomic mass is 19.4. The van der Waals surface area contributed by atoms with Crippen LogP contribution in [0.1, 0.15) is 23.2 Å². The van der Waals surface area contributed by atoms with Gasteiger partial charge < -0.3 is 4.90 Å². The van der Waals surface area contributed by atoms with E-state index in [1.54, 1.807) is 30.3 Å². The van der Waals surface area contributed by atoms with Crippen LogP contribution in [0.2, 0.25) is 0 Å². The first-order valence-electron chi connectivity index (χ1n) is 7.19. The second-order valence-electron chi connectivity index (χ2n) is 5.33. The normalized spacial score (nSPS) is 18.6. The molecule has 0 aliphatic carbocycles. The Bertz CT molecular complexity index is 549. The lowest BCUT2D eigenvalue weighted by atomic mass is 9.97. The van der Waals surface area contributed by atoms with Crippen LogP contribution in [-0.2, 0) is 9.63 Å². The summed E-state index contributed by atoms with van der Waals surface area (Å²) in [5, 5.41) is 0. The summed E-state index contributed by atoms with van der Waals surface area (Å²) in [6, 6.07) is 8.64. The van der Waals surface area contributed by atoms with Gasteiger partial charge in [0, 0.05) is 18.7 Å². The molecule has 126 valence electrons. The van der Waals surface area contributed by atoms with Crippen LogP contribution in [0.3, 0.4) is 0 Å². The fourth-order valence-corrected chi connectivity index (χ4v) is 2.41. The van der Waals surface area contributed by atoms with Crippen LogP contribution in [0.25, 0.3) is 0 Å². The summed E-state index contributed by atoms with van der Waals surface area (Å²) in [7, 11) is 0. The molecule has 8 heteroatoms. The average Bonchev–Trinajstić information content (AvgIpc) is 2.54. The third-order valence-electron chi connectivity index (χ3n) is 3.51. The minimum atomic E-state index is -4.50. The Morgan fingerprint density at radius 3 is 2.61 bits per heavy atom. The molecule has 0 spiro atoms. The lowest BCUT2D eigenvalue weighted by molar-refractivity contribution is -0.193. The molecule has 1 aromatic carbocycles. The van der Waals surface area contributed by atoms with Crippen LogP contribution in [-0.4, -0.2) is 42.6 Å². The van der Waals surface area contributed by atoms with Gasteiger partial charge in [0.15, 0.2) is 6.61 Å². The first-order valence-corrected chi connectivity index (χ1v) is 7.19. The third kappa shape index (κ3) is 5.24. The molecule has 1 saturated heterocycles. The summed E-state index contributed by atoms with van der Waals surface area (Å²) >= 11 is 0. The summed E-state index contributed by atoms with van der Waals surface area (Å²) in [4.78, 5) is 29.9. The Morgan fingerprint density at radius 2 is 1.96 bits per heavy atom. The number of piperidine rings is 1. The molecule has 23 heavy (non-hydrogen) atoms. The molecule has 1 fully saturated rings. The fraction of sp³-hybridized carbons (Fsp3) is 0.467. The van der Waals surface area contributed by atoms with Gasteiger partial charge in [-0.05, 0) is 25.0 Å². The number of amides is 2. The van der Waals surface area contributed by atoms with Gasteiger partial charge in [-0.3, -0.25) is 14.4 Å². The number of hydroxylamine groups is 1. The van der Waals surface area contributed by atoms with Gasteiger partial charge in [0.25, 0.3) is 5.91 Å². The summed E-state index contributed by atoms with van der Waals surface area (Å²) in [5.41, 5.74) is 2.33. The molecule has 5 nitrogen and oxygen atoms in total. The van der Waals surface area contributed by atoms with Crippen molar-refractivity contribution in [2.75, 3.05) is 19.7 Å². The van der Waals surface area contributed by atoms with Gasteiger partial charge >= 0.3 is 6.18 Å². The van der Waals surface area contributed by atoms with E-state index in [-0.39, 0.29) is 12.5 Å². The zero-order chi connectivity index (χ0) is 16.9. The molecule has 1 aliphatic rings. The van der Waals surface area contributed by atoms with Crippen LogP contribution in [0, 0.1) is 5.92 Å². The maximum atomic E-state index is 12.3. The Kier molecular flexibility index (Phi) is 5.59. The molecule has 1 N–H and O–H groups in total. The Morgan fingerprint density at radius 1 is 1.26 bits per heavy atom. The van der Waals surface area contributed by atoms with Crippen molar-refractivity contribution >= 4 is 11.8 Å². The monoisotopic (exact) mass is 330 g/mol. The summed E-state index contributed by atoms with van der Waals surface area (Å²) < 4.78 is 35.9. The van der Waals surface area contributed by atoms with E-state index in [1.807, 2.05) is 5.48 Å². The van der Waals surface area contributed by atoms with Gasteiger partial charge in [0.05, 0.1) is 5.92 Å². The van der Waals surface area contributed by atoms with E-state index in [4.69, 9.17) is 0 Å². The molecule has 2 amide bonds. The van der Waals surface area contributed by atoms with Crippen molar-refractivity contribution in [2.45, 2.75) is 19.0 Å². The predicted molar refractivity (Wildman–Crippen MR) is 75.2 cm³/mol. The molecule has 1 aromatic rings. The summed E-state index contributed by atoms with van der Waals surface area (Å²) in [5.74, 6) is -1.41. The number of halogens is 3. The molecule has 1 unspecified atom stereocenters. The number of alkyl halides is 3. The highest BCUT2D eigenvalue weighted by molar-refractivity contribution is 5.94. The largest absolute Gasteiger partial charge is 0.414 e. The van der Waals surface area contributed by atoms with Crippen molar-refractivity contribution in [1.82, 2.24) is 10.4 Å². The van der Waals surface area contributed by atoms with Crippen LogP contribution >= 0.6 is 0 Å². The second kappa shape index (κ2) is 7.45. The zero-order valence-corrected chi connectivity index (χ0v) is 12.3. The summed E-state index contributed by atoms with van der Waals surface area (Å²) in [6.45, 7) is -0.867. The number of carbonyl (C=O) groups excluding carboxylic acids is 2. The molecular formula is C15H17F3N2O3. The van der Waals surface area contributed by atoms with Crippen molar-refractivity contribution in [1.29, 1.82) is 0 Å². The van der Waals surface area contributed by atoms with Crippen LogP contribution in [0.4, 0.5) is 13.2 Å². The number of hydrogen-bond donors (Lipinski definition) is 1. The van der Waals surface area contributed by atoms with Crippen molar-refractivity contribution in [3.63, 3.8) is 0 Å². The van der Waals surface area contributed by atoms with E-state index >= 15 is 0 Å². The quantitative estimate of drug-likeness (QED) is 0.861. The smallest absolute Gasteiger partial charge is 0.338 e. The van der Waals surface area contributed by atoms with Gasteiger partial charge in [-0.25, -0.2) is 5.48 Å². The Balaban J connectivity index is 1.88. The highest BCUT2D eigenvalue weighted by Gasteiger charge is 2.31. The number of rotatable bonds is 4. The highest BCUT2D eigenvalue weighted by Crippen LogP contribution is 2.19. The van der Waals surface area contributed by atoms with Crippen molar-refractivity contribution in [2.24, 2.45) is 5.92 Å². The number of nitrogens with zero attached hydrogens (tertiary/aromatic N) is 1. The first-order chi connectivity index (χ1) is 10.9. The fourth-order valence-electron chi connectivity index (χ4n) is 2.41. The van der Waals surface area contributed by atoms with E-state index in [0.717, 1.165) is 0 Å². The van der Waals surface area contributed by atoms with E-state index in [9.17, 15) is 22.8 Å². The zero-order valence-electron chi connectivity index (χ0n) is 12.3. The van der Waals surface area contributed by atoms with Crippen LogP contribution in [0.5, 0.6) is 0 Å². The van der Waals surface area contributed by atoms with Gasteiger partial charge in [0.1, 0.15) is 0 Å². The van der Waals surface area contributed by atoms with Gasteiger partial charge in [-0.1, -0.05) is 18.2 Å². The summed E-state index contributed by atoms with van der Waals surface area (Å²) in [6.07, 6.45) is -3.40.